The van der Waals surface area contributed by atoms with E-state index in [0.29, 0.717) is 12.1 Å². The molecule has 1 saturated heterocycles. The van der Waals surface area contributed by atoms with Crippen LogP contribution >= 0.6 is 11.3 Å². The molecule has 5 heteroatoms. The maximum absolute atomic E-state index is 5.79. The summed E-state index contributed by atoms with van der Waals surface area (Å²) in [6.45, 7) is 3.41. The lowest BCUT2D eigenvalue weighted by atomic mass is 10.0. The Morgan fingerprint density at radius 1 is 1.50 bits per heavy atom. The topological polar surface area (TPSA) is 44.5 Å². The lowest BCUT2D eigenvalue weighted by Gasteiger charge is -2.34. The summed E-state index contributed by atoms with van der Waals surface area (Å²) in [5.74, 6) is 5.79. The number of hydrogen-bond acceptors (Lipinski definition) is 5. The van der Waals surface area contributed by atoms with Crippen LogP contribution in [0.25, 0.3) is 0 Å². The van der Waals surface area contributed by atoms with Crippen LogP contribution in [0.15, 0.2) is 17.5 Å². The minimum atomic E-state index is 0.314. The highest BCUT2D eigenvalue weighted by atomic mass is 32.1. The van der Waals surface area contributed by atoms with Gasteiger partial charge < -0.3 is 9.80 Å². The molecule has 0 bridgehead atoms. The predicted molar refractivity (Wildman–Crippen MR) is 77.7 cm³/mol. The van der Waals surface area contributed by atoms with Crippen LogP contribution in [0.1, 0.15) is 11.3 Å². The van der Waals surface area contributed by atoms with E-state index in [1.54, 1.807) is 0 Å². The number of thiophene rings is 1. The normalized spacial score (nSPS) is 24.9. The first-order valence-corrected chi connectivity index (χ1v) is 7.46. The summed E-state index contributed by atoms with van der Waals surface area (Å²) >= 11 is 1.81. The first-order chi connectivity index (χ1) is 8.70. The van der Waals surface area contributed by atoms with Gasteiger partial charge in [0.1, 0.15) is 0 Å². The minimum absolute atomic E-state index is 0.314. The highest BCUT2D eigenvalue weighted by Crippen LogP contribution is 2.17. The SMILES string of the molecule is CN1CCCN(C)C(C(Cc2cccs2)NN)C1. The molecule has 2 heterocycles. The number of hydrazine groups is 1. The van der Waals surface area contributed by atoms with Crippen LogP contribution in [0.4, 0.5) is 0 Å². The van der Waals surface area contributed by atoms with Gasteiger partial charge >= 0.3 is 0 Å². The largest absolute Gasteiger partial charge is 0.305 e. The highest BCUT2D eigenvalue weighted by Gasteiger charge is 2.28. The van der Waals surface area contributed by atoms with Gasteiger partial charge in [-0.15, -0.1) is 11.3 Å². The van der Waals surface area contributed by atoms with E-state index in [1.165, 1.54) is 17.8 Å². The molecule has 4 nitrogen and oxygen atoms in total. The van der Waals surface area contributed by atoms with E-state index in [9.17, 15) is 0 Å². The Bertz CT molecular complexity index is 341. The van der Waals surface area contributed by atoms with Crippen molar-refractivity contribution >= 4 is 11.3 Å². The highest BCUT2D eigenvalue weighted by molar-refractivity contribution is 7.09. The van der Waals surface area contributed by atoms with Gasteiger partial charge in [-0.05, 0) is 51.5 Å². The van der Waals surface area contributed by atoms with Gasteiger partial charge in [-0.25, -0.2) is 0 Å². The molecule has 3 N–H and O–H groups in total. The van der Waals surface area contributed by atoms with Crippen molar-refractivity contribution in [3.63, 3.8) is 0 Å². The fourth-order valence-electron chi connectivity index (χ4n) is 2.69. The zero-order chi connectivity index (χ0) is 13.0. The predicted octanol–water partition coefficient (Wildman–Crippen LogP) is 0.758. The van der Waals surface area contributed by atoms with Crippen molar-refractivity contribution in [3.8, 4) is 0 Å². The van der Waals surface area contributed by atoms with Crippen molar-refractivity contribution in [3.05, 3.63) is 22.4 Å². The molecule has 2 unspecified atom stereocenters. The zero-order valence-corrected chi connectivity index (χ0v) is 12.1. The van der Waals surface area contributed by atoms with E-state index >= 15 is 0 Å². The second kappa shape index (κ2) is 6.63. The molecule has 102 valence electrons. The molecule has 2 rings (SSSR count). The smallest absolute Gasteiger partial charge is 0.0426 e. The van der Waals surface area contributed by atoms with Gasteiger partial charge in [0.2, 0.25) is 0 Å². The summed E-state index contributed by atoms with van der Waals surface area (Å²) in [6, 6.07) is 5.09. The molecule has 0 radical (unpaired) electrons. The van der Waals surface area contributed by atoms with Crippen molar-refractivity contribution in [1.82, 2.24) is 15.2 Å². The van der Waals surface area contributed by atoms with Crippen LogP contribution in [0.3, 0.4) is 0 Å². The van der Waals surface area contributed by atoms with Crippen molar-refractivity contribution in [2.75, 3.05) is 33.7 Å². The average molecular weight is 268 g/mol. The lowest BCUT2D eigenvalue weighted by Crippen LogP contribution is -2.55. The molecule has 0 amide bonds. The number of nitrogens with one attached hydrogen (secondary N) is 1. The molecule has 18 heavy (non-hydrogen) atoms. The number of hydrogen-bond donors (Lipinski definition) is 2. The van der Waals surface area contributed by atoms with Gasteiger partial charge in [0.05, 0.1) is 0 Å². The first kappa shape index (κ1) is 14.0. The van der Waals surface area contributed by atoms with E-state index in [-0.39, 0.29) is 0 Å². The van der Waals surface area contributed by atoms with Gasteiger partial charge in [-0.1, -0.05) is 6.07 Å². The maximum atomic E-state index is 5.79. The Morgan fingerprint density at radius 3 is 3.00 bits per heavy atom. The van der Waals surface area contributed by atoms with E-state index in [2.05, 4.69) is 46.8 Å². The van der Waals surface area contributed by atoms with Gasteiger partial charge in [-0.2, -0.15) is 0 Å². The summed E-state index contributed by atoms with van der Waals surface area (Å²) < 4.78 is 0. The summed E-state index contributed by atoms with van der Waals surface area (Å²) in [4.78, 5) is 6.26. The molecule has 0 saturated carbocycles. The van der Waals surface area contributed by atoms with Gasteiger partial charge in [0.15, 0.2) is 0 Å². The Kier molecular flexibility index (Phi) is 5.14. The van der Waals surface area contributed by atoms with Crippen LogP contribution < -0.4 is 11.3 Å². The van der Waals surface area contributed by atoms with E-state index in [1.807, 2.05) is 11.3 Å². The fraction of sp³-hybridized carbons (Fsp3) is 0.692. The standard InChI is InChI=1S/C13H24N4S/c1-16-6-4-7-17(2)13(10-16)12(15-14)9-11-5-3-8-18-11/h3,5,8,12-13,15H,4,6-7,9-10,14H2,1-2H3. The molecule has 1 aromatic heterocycles. The molecule has 1 aliphatic rings. The fourth-order valence-corrected chi connectivity index (χ4v) is 3.46. The monoisotopic (exact) mass is 268 g/mol. The molecular weight excluding hydrogens is 244 g/mol. The second-order valence-electron chi connectivity index (χ2n) is 5.22. The van der Waals surface area contributed by atoms with E-state index < -0.39 is 0 Å². The zero-order valence-electron chi connectivity index (χ0n) is 11.3. The van der Waals surface area contributed by atoms with Crippen LogP contribution in [0.2, 0.25) is 0 Å². The number of nitrogens with two attached hydrogens (primary N) is 1. The third-order valence-electron chi connectivity index (χ3n) is 3.80. The molecule has 1 aliphatic heterocycles. The Balaban J connectivity index is 2.04. The Labute approximate surface area is 114 Å². The quantitative estimate of drug-likeness (QED) is 0.625. The van der Waals surface area contributed by atoms with Crippen LogP contribution in [-0.4, -0.2) is 55.6 Å². The van der Waals surface area contributed by atoms with E-state index in [4.69, 9.17) is 5.84 Å². The summed E-state index contributed by atoms with van der Waals surface area (Å²) in [6.07, 6.45) is 2.25. The summed E-state index contributed by atoms with van der Waals surface area (Å²) in [5, 5.41) is 2.13. The molecule has 1 fully saturated rings. The van der Waals surface area contributed by atoms with Crippen molar-refractivity contribution < 1.29 is 0 Å². The molecule has 0 aromatic carbocycles. The Hall–Kier alpha value is -0.460. The van der Waals surface area contributed by atoms with Gasteiger partial charge in [0.25, 0.3) is 0 Å². The average Bonchev–Trinajstić information content (AvgIpc) is 2.80. The third kappa shape index (κ3) is 3.52. The van der Waals surface area contributed by atoms with Crippen molar-refractivity contribution in [2.24, 2.45) is 5.84 Å². The maximum Gasteiger partial charge on any atom is 0.0426 e. The van der Waals surface area contributed by atoms with E-state index in [0.717, 1.165) is 19.5 Å². The minimum Gasteiger partial charge on any atom is -0.305 e. The number of rotatable bonds is 4. The molecule has 2 atom stereocenters. The molecule has 0 spiro atoms. The molecular formula is C13H24N4S. The number of nitrogens with zero attached hydrogens (tertiary/aromatic N) is 2. The second-order valence-corrected chi connectivity index (χ2v) is 6.25. The van der Waals surface area contributed by atoms with Crippen molar-refractivity contribution in [1.29, 1.82) is 0 Å². The summed E-state index contributed by atoms with van der Waals surface area (Å²) in [5.41, 5.74) is 3.03. The lowest BCUT2D eigenvalue weighted by molar-refractivity contribution is 0.177. The molecule has 0 aliphatic carbocycles. The molecule has 1 aromatic rings. The van der Waals surface area contributed by atoms with Crippen LogP contribution in [0.5, 0.6) is 0 Å². The van der Waals surface area contributed by atoms with Gasteiger partial charge in [0, 0.05) is 23.5 Å². The number of likely N-dealkylation sites (N-methyl/N-ethyl adjacent to an activating group) is 2. The third-order valence-corrected chi connectivity index (χ3v) is 4.69. The first-order valence-electron chi connectivity index (χ1n) is 6.58. The summed E-state index contributed by atoms with van der Waals surface area (Å²) in [7, 11) is 4.41. The Morgan fingerprint density at radius 2 is 2.33 bits per heavy atom. The van der Waals surface area contributed by atoms with Crippen molar-refractivity contribution in [2.45, 2.75) is 24.9 Å². The van der Waals surface area contributed by atoms with Gasteiger partial charge in [-0.3, -0.25) is 11.3 Å². The van der Waals surface area contributed by atoms with Crippen LogP contribution in [-0.2, 0) is 6.42 Å². The van der Waals surface area contributed by atoms with Crippen LogP contribution in [0, 0.1) is 0 Å².